The molecule has 1 amide bonds. The second kappa shape index (κ2) is 10.5. The Balaban J connectivity index is 1.53. The first kappa shape index (κ1) is 22.1. The van der Waals surface area contributed by atoms with Crippen molar-refractivity contribution in [2.24, 2.45) is 0 Å². The van der Waals surface area contributed by atoms with E-state index < -0.39 is 0 Å². The molecule has 0 aliphatic rings. The van der Waals surface area contributed by atoms with E-state index >= 15 is 0 Å². The van der Waals surface area contributed by atoms with E-state index in [2.05, 4.69) is 41.7 Å². The van der Waals surface area contributed by atoms with Crippen LogP contribution in [0.2, 0.25) is 0 Å². The Morgan fingerprint density at radius 3 is 1.88 bits per heavy atom. The Hall–Kier alpha value is -4.11. The minimum Gasteiger partial charge on any atom is -0.497 e. The summed E-state index contributed by atoms with van der Waals surface area (Å²) >= 11 is 0. The molecule has 0 aliphatic heterocycles. The van der Waals surface area contributed by atoms with Crippen LogP contribution in [0.5, 0.6) is 5.75 Å². The maximum atomic E-state index is 13.0. The van der Waals surface area contributed by atoms with Crippen molar-refractivity contribution < 1.29 is 9.53 Å². The van der Waals surface area contributed by atoms with E-state index in [1.165, 1.54) is 5.56 Å². The number of benzene rings is 4. The fraction of sp³-hybridized carbons (Fsp3) is 0.100. The first-order valence-electron chi connectivity index (χ1n) is 11.0. The molecule has 0 radical (unpaired) electrons. The fourth-order valence-electron chi connectivity index (χ4n) is 3.82. The molecule has 0 heterocycles. The third-order valence-corrected chi connectivity index (χ3v) is 5.66. The number of allylic oxidation sites excluding steroid dienone is 1. The third-order valence-electron chi connectivity index (χ3n) is 5.66. The lowest BCUT2D eigenvalue weighted by molar-refractivity contribution is -0.116. The molecule has 0 fully saturated rings. The lowest BCUT2D eigenvalue weighted by Gasteiger charge is -2.19. The maximum Gasteiger partial charge on any atom is 0.245 e. The molecule has 1 N–H and O–H groups in total. The SMILES string of the molecule is COc1ccc([C@H](NC(=O)/C=C(\C)c2ccc(-c3ccccc3)cc2)c2ccccc2)cc1. The molecule has 4 rings (SSSR count). The van der Waals surface area contributed by atoms with Crippen molar-refractivity contribution in [3.63, 3.8) is 0 Å². The topological polar surface area (TPSA) is 38.3 Å². The molecule has 0 saturated carbocycles. The van der Waals surface area contributed by atoms with Gasteiger partial charge in [0.1, 0.15) is 5.75 Å². The summed E-state index contributed by atoms with van der Waals surface area (Å²) in [5, 5.41) is 3.17. The fourth-order valence-corrected chi connectivity index (χ4v) is 3.82. The average Bonchev–Trinajstić information content (AvgIpc) is 2.88. The minimum absolute atomic E-state index is 0.135. The summed E-state index contributed by atoms with van der Waals surface area (Å²) in [6, 6.07) is 36.0. The normalized spacial score (nSPS) is 12.1. The zero-order valence-corrected chi connectivity index (χ0v) is 18.9. The summed E-state index contributed by atoms with van der Waals surface area (Å²) in [6.07, 6.45) is 1.66. The summed E-state index contributed by atoms with van der Waals surface area (Å²) in [5.74, 6) is 0.649. The Morgan fingerprint density at radius 1 is 0.727 bits per heavy atom. The van der Waals surface area contributed by atoms with Gasteiger partial charge in [-0.2, -0.15) is 0 Å². The van der Waals surface area contributed by atoms with Crippen molar-refractivity contribution in [3.8, 4) is 16.9 Å². The van der Waals surface area contributed by atoms with Crippen molar-refractivity contribution in [3.05, 3.63) is 132 Å². The molecule has 0 saturated heterocycles. The van der Waals surface area contributed by atoms with E-state index in [0.717, 1.165) is 33.6 Å². The Morgan fingerprint density at radius 2 is 1.27 bits per heavy atom. The minimum atomic E-state index is -0.255. The molecule has 1 atom stereocenters. The van der Waals surface area contributed by atoms with Crippen LogP contribution in [0, 0.1) is 0 Å². The van der Waals surface area contributed by atoms with Crippen molar-refractivity contribution >= 4 is 11.5 Å². The first-order valence-corrected chi connectivity index (χ1v) is 11.0. The number of nitrogens with one attached hydrogen (secondary N) is 1. The molecule has 0 unspecified atom stereocenters. The molecule has 0 aliphatic carbocycles. The van der Waals surface area contributed by atoms with E-state index in [1.54, 1.807) is 13.2 Å². The van der Waals surface area contributed by atoms with Crippen LogP contribution in [-0.4, -0.2) is 13.0 Å². The number of hydrogen-bond acceptors (Lipinski definition) is 2. The average molecular weight is 434 g/mol. The van der Waals surface area contributed by atoms with Gasteiger partial charge in [-0.15, -0.1) is 0 Å². The van der Waals surface area contributed by atoms with E-state index in [1.807, 2.05) is 79.7 Å². The summed E-state index contributed by atoms with van der Waals surface area (Å²) in [7, 11) is 1.64. The van der Waals surface area contributed by atoms with Gasteiger partial charge in [-0.3, -0.25) is 4.79 Å². The van der Waals surface area contributed by atoms with Crippen LogP contribution >= 0.6 is 0 Å². The quantitative estimate of drug-likeness (QED) is 0.331. The second-order valence-electron chi connectivity index (χ2n) is 7.90. The number of ether oxygens (including phenoxy) is 1. The molecule has 0 spiro atoms. The van der Waals surface area contributed by atoms with Gasteiger partial charge in [-0.25, -0.2) is 0 Å². The van der Waals surface area contributed by atoms with E-state index in [0.29, 0.717) is 0 Å². The molecular formula is C30H27NO2. The summed E-state index contributed by atoms with van der Waals surface area (Å²) < 4.78 is 5.28. The van der Waals surface area contributed by atoms with Gasteiger partial charge in [0.25, 0.3) is 0 Å². The van der Waals surface area contributed by atoms with Crippen molar-refractivity contribution in [2.45, 2.75) is 13.0 Å². The van der Waals surface area contributed by atoms with Gasteiger partial charge < -0.3 is 10.1 Å². The number of carbonyl (C=O) groups excluding carboxylic acids is 1. The smallest absolute Gasteiger partial charge is 0.245 e. The number of hydrogen-bond donors (Lipinski definition) is 1. The molecule has 0 aromatic heterocycles. The maximum absolute atomic E-state index is 13.0. The van der Waals surface area contributed by atoms with Gasteiger partial charge in [0.05, 0.1) is 13.2 Å². The Labute approximate surface area is 195 Å². The molecule has 4 aromatic carbocycles. The lowest BCUT2D eigenvalue weighted by atomic mass is 9.98. The predicted molar refractivity (Wildman–Crippen MR) is 135 cm³/mol. The van der Waals surface area contributed by atoms with Gasteiger partial charge in [0.15, 0.2) is 0 Å². The van der Waals surface area contributed by atoms with Crippen molar-refractivity contribution in [2.75, 3.05) is 7.11 Å². The van der Waals surface area contributed by atoms with Gasteiger partial charge in [0.2, 0.25) is 5.91 Å². The van der Waals surface area contributed by atoms with Crippen LogP contribution in [0.3, 0.4) is 0 Å². The molecule has 33 heavy (non-hydrogen) atoms. The highest BCUT2D eigenvalue weighted by Gasteiger charge is 2.16. The van der Waals surface area contributed by atoms with Gasteiger partial charge in [-0.1, -0.05) is 97.1 Å². The van der Waals surface area contributed by atoms with E-state index in [9.17, 15) is 4.79 Å². The Bertz CT molecular complexity index is 1210. The van der Waals surface area contributed by atoms with Crippen molar-refractivity contribution in [1.82, 2.24) is 5.32 Å². The molecule has 164 valence electrons. The highest BCUT2D eigenvalue weighted by molar-refractivity contribution is 5.95. The highest BCUT2D eigenvalue weighted by Crippen LogP contribution is 2.25. The monoisotopic (exact) mass is 433 g/mol. The molecule has 4 aromatic rings. The molecule has 3 nitrogen and oxygen atoms in total. The predicted octanol–water partition coefficient (Wildman–Crippen LogP) is 6.67. The second-order valence-corrected chi connectivity index (χ2v) is 7.90. The standard InChI is InChI=1S/C30H27NO2/c1-22(23-13-15-25(16-14-23)24-9-5-3-6-10-24)21-29(32)31-30(26-11-7-4-8-12-26)27-17-19-28(33-2)20-18-27/h3-21,30H,1-2H3,(H,31,32)/b22-21+/t30-/m1/s1. The molecule has 3 heteroatoms. The number of carbonyl (C=O) groups is 1. The van der Waals surface area contributed by atoms with Crippen LogP contribution < -0.4 is 10.1 Å². The molecule has 0 bridgehead atoms. The zero-order chi connectivity index (χ0) is 23.0. The van der Waals surface area contributed by atoms with Gasteiger partial charge in [0, 0.05) is 6.08 Å². The summed E-state index contributed by atoms with van der Waals surface area (Å²) in [6.45, 7) is 1.96. The van der Waals surface area contributed by atoms with Crippen LogP contribution in [0.15, 0.2) is 115 Å². The van der Waals surface area contributed by atoms with E-state index in [-0.39, 0.29) is 11.9 Å². The first-order chi connectivity index (χ1) is 16.1. The summed E-state index contributed by atoms with van der Waals surface area (Å²) in [4.78, 5) is 13.0. The molecular weight excluding hydrogens is 406 g/mol. The highest BCUT2D eigenvalue weighted by atomic mass is 16.5. The van der Waals surface area contributed by atoms with Crippen molar-refractivity contribution in [1.29, 1.82) is 0 Å². The Kier molecular flexibility index (Phi) is 7.01. The largest absolute Gasteiger partial charge is 0.497 e. The van der Waals surface area contributed by atoms with E-state index in [4.69, 9.17) is 4.74 Å². The number of amides is 1. The van der Waals surface area contributed by atoms with Crippen LogP contribution in [-0.2, 0) is 4.79 Å². The van der Waals surface area contributed by atoms with Crippen LogP contribution in [0.1, 0.15) is 29.7 Å². The van der Waals surface area contributed by atoms with Crippen LogP contribution in [0.4, 0.5) is 0 Å². The third kappa shape index (κ3) is 5.58. The number of rotatable bonds is 7. The van der Waals surface area contributed by atoms with Crippen LogP contribution in [0.25, 0.3) is 16.7 Å². The number of methoxy groups -OCH3 is 1. The van der Waals surface area contributed by atoms with Gasteiger partial charge in [-0.05, 0) is 52.4 Å². The zero-order valence-electron chi connectivity index (χ0n) is 18.9. The lowest BCUT2D eigenvalue weighted by Crippen LogP contribution is -2.28. The summed E-state index contributed by atoms with van der Waals surface area (Å²) in [5.41, 5.74) is 6.27. The van der Waals surface area contributed by atoms with Gasteiger partial charge >= 0.3 is 0 Å².